The molecule has 1 saturated carbocycles. The molecule has 0 saturated heterocycles. The summed E-state index contributed by atoms with van der Waals surface area (Å²) in [4.78, 5) is 0. The maximum atomic E-state index is 6.04. The smallest absolute Gasteiger partial charge is 0.0219 e. The first-order chi connectivity index (χ1) is 5.19. The van der Waals surface area contributed by atoms with Crippen molar-refractivity contribution in [2.75, 3.05) is 13.1 Å². The van der Waals surface area contributed by atoms with Crippen molar-refractivity contribution in [1.29, 1.82) is 0 Å². The predicted molar refractivity (Wildman–Crippen MR) is 48.5 cm³/mol. The molecule has 11 heavy (non-hydrogen) atoms. The zero-order valence-corrected chi connectivity index (χ0v) is 7.69. The topological polar surface area (TPSA) is 38.0 Å². The lowest BCUT2D eigenvalue weighted by Gasteiger charge is -2.43. The molecule has 2 heteroatoms. The molecular formula is C9H20N2. The van der Waals surface area contributed by atoms with Crippen LogP contribution in [0.15, 0.2) is 0 Å². The first-order valence-electron chi connectivity index (χ1n) is 4.65. The molecule has 1 aliphatic carbocycles. The van der Waals surface area contributed by atoms with Crippen LogP contribution < -0.4 is 11.1 Å². The molecule has 1 rings (SSSR count). The highest BCUT2D eigenvalue weighted by Gasteiger charge is 2.37. The molecule has 0 aromatic rings. The van der Waals surface area contributed by atoms with E-state index >= 15 is 0 Å². The van der Waals surface area contributed by atoms with Crippen molar-refractivity contribution in [3.05, 3.63) is 0 Å². The molecule has 0 aromatic carbocycles. The molecule has 0 radical (unpaired) electrons. The molecule has 0 aromatic heterocycles. The van der Waals surface area contributed by atoms with Crippen molar-refractivity contribution in [3.63, 3.8) is 0 Å². The summed E-state index contributed by atoms with van der Waals surface area (Å²) in [5.41, 5.74) is 6.48. The van der Waals surface area contributed by atoms with Gasteiger partial charge in [0.25, 0.3) is 0 Å². The van der Waals surface area contributed by atoms with Gasteiger partial charge in [-0.3, -0.25) is 0 Å². The van der Waals surface area contributed by atoms with E-state index in [1.165, 1.54) is 19.3 Å². The maximum Gasteiger partial charge on any atom is 0.0219 e. The summed E-state index contributed by atoms with van der Waals surface area (Å²) in [6.45, 7) is 6.44. The standard InChI is InChI=1S/C9H20N2/c1-3-11-7-8(10)9(2)5-4-6-9/h8,11H,3-7,10H2,1-2H3. The van der Waals surface area contributed by atoms with Crippen molar-refractivity contribution >= 4 is 0 Å². The van der Waals surface area contributed by atoms with Crippen LogP contribution in [0.2, 0.25) is 0 Å². The SMILES string of the molecule is CCNCC(N)C1(C)CCC1. The normalized spacial score (nSPS) is 24.3. The Labute approximate surface area is 69.5 Å². The van der Waals surface area contributed by atoms with Crippen molar-refractivity contribution in [1.82, 2.24) is 5.32 Å². The molecule has 1 fully saturated rings. The fraction of sp³-hybridized carbons (Fsp3) is 1.00. The first kappa shape index (κ1) is 9.01. The molecule has 0 aliphatic heterocycles. The molecule has 1 atom stereocenters. The summed E-state index contributed by atoms with van der Waals surface area (Å²) in [7, 11) is 0. The van der Waals surface area contributed by atoms with Crippen molar-refractivity contribution in [2.45, 2.75) is 39.2 Å². The quantitative estimate of drug-likeness (QED) is 0.640. The summed E-state index contributed by atoms with van der Waals surface area (Å²) in [6, 6.07) is 0.358. The van der Waals surface area contributed by atoms with Gasteiger partial charge in [-0.05, 0) is 24.8 Å². The van der Waals surface area contributed by atoms with Crippen molar-refractivity contribution in [3.8, 4) is 0 Å². The summed E-state index contributed by atoms with van der Waals surface area (Å²) in [5, 5.41) is 3.30. The monoisotopic (exact) mass is 156 g/mol. The van der Waals surface area contributed by atoms with Gasteiger partial charge in [0.1, 0.15) is 0 Å². The Kier molecular flexibility index (Phi) is 2.90. The Morgan fingerprint density at radius 3 is 2.55 bits per heavy atom. The summed E-state index contributed by atoms with van der Waals surface area (Å²) in [5.74, 6) is 0. The Bertz CT molecular complexity index is 119. The second-order valence-corrected chi connectivity index (χ2v) is 3.92. The highest BCUT2D eigenvalue weighted by Crippen LogP contribution is 2.42. The fourth-order valence-electron chi connectivity index (χ4n) is 1.65. The number of hydrogen-bond acceptors (Lipinski definition) is 2. The van der Waals surface area contributed by atoms with Crippen LogP contribution in [-0.4, -0.2) is 19.1 Å². The van der Waals surface area contributed by atoms with Gasteiger partial charge in [0.2, 0.25) is 0 Å². The summed E-state index contributed by atoms with van der Waals surface area (Å²) < 4.78 is 0. The fourth-order valence-corrected chi connectivity index (χ4v) is 1.65. The lowest BCUT2D eigenvalue weighted by Crippen LogP contribution is -2.49. The van der Waals surface area contributed by atoms with Crippen LogP contribution in [0.25, 0.3) is 0 Å². The van der Waals surface area contributed by atoms with Crippen LogP contribution in [-0.2, 0) is 0 Å². The minimum Gasteiger partial charge on any atom is -0.326 e. The summed E-state index contributed by atoms with van der Waals surface area (Å²) >= 11 is 0. The molecule has 66 valence electrons. The Balaban J connectivity index is 2.22. The van der Waals surface area contributed by atoms with E-state index in [1.807, 2.05) is 0 Å². The van der Waals surface area contributed by atoms with Gasteiger partial charge in [0, 0.05) is 12.6 Å². The lowest BCUT2D eigenvalue weighted by molar-refractivity contribution is 0.118. The van der Waals surface area contributed by atoms with E-state index in [2.05, 4.69) is 19.2 Å². The number of rotatable bonds is 4. The van der Waals surface area contributed by atoms with Crippen LogP contribution in [0.3, 0.4) is 0 Å². The highest BCUT2D eigenvalue weighted by molar-refractivity contribution is 4.92. The second kappa shape index (κ2) is 3.55. The third-order valence-electron chi connectivity index (χ3n) is 3.01. The van der Waals surface area contributed by atoms with E-state index in [0.717, 1.165) is 13.1 Å². The van der Waals surface area contributed by atoms with E-state index in [4.69, 9.17) is 5.73 Å². The van der Waals surface area contributed by atoms with Gasteiger partial charge in [0.05, 0.1) is 0 Å². The van der Waals surface area contributed by atoms with Crippen LogP contribution in [0.5, 0.6) is 0 Å². The van der Waals surface area contributed by atoms with Gasteiger partial charge in [-0.15, -0.1) is 0 Å². The molecule has 1 unspecified atom stereocenters. The van der Waals surface area contributed by atoms with Gasteiger partial charge in [0.15, 0.2) is 0 Å². The van der Waals surface area contributed by atoms with Gasteiger partial charge >= 0.3 is 0 Å². The molecule has 0 bridgehead atoms. The van der Waals surface area contributed by atoms with Crippen molar-refractivity contribution < 1.29 is 0 Å². The Morgan fingerprint density at radius 2 is 2.18 bits per heavy atom. The maximum absolute atomic E-state index is 6.04. The minimum absolute atomic E-state index is 0.358. The molecular weight excluding hydrogens is 136 g/mol. The first-order valence-corrected chi connectivity index (χ1v) is 4.65. The average molecular weight is 156 g/mol. The van der Waals surface area contributed by atoms with Gasteiger partial charge < -0.3 is 11.1 Å². The van der Waals surface area contributed by atoms with E-state index < -0.39 is 0 Å². The van der Waals surface area contributed by atoms with Crippen LogP contribution in [0.1, 0.15) is 33.1 Å². The number of hydrogen-bond donors (Lipinski definition) is 2. The molecule has 0 spiro atoms. The molecule has 3 N–H and O–H groups in total. The van der Waals surface area contributed by atoms with Gasteiger partial charge in [-0.2, -0.15) is 0 Å². The van der Waals surface area contributed by atoms with E-state index in [9.17, 15) is 0 Å². The average Bonchev–Trinajstić information content (AvgIpc) is 1.95. The number of nitrogens with two attached hydrogens (primary N) is 1. The lowest BCUT2D eigenvalue weighted by atomic mass is 9.66. The number of likely N-dealkylation sites (N-methyl/N-ethyl adjacent to an activating group) is 1. The van der Waals surface area contributed by atoms with Crippen molar-refractivity contribution in [2.24, 2.45) is 11.1 Å². The molecule has 1 aliphatic rings. The summed E-state index contributed by atoms with van der Waals surface area (Å²) in [6.07, 6.45) is 4.01. The van der Waals surface area contributed by atoms with Gasteiger partial charge in [-0.1, -0.05) is 20.3 Å². The predicted octanol–water partition coefficient (Wildman–Crippen LogP) is 1.11. The largest absolute Gasteiger partial charge is 0.326 e. The Hall–Kier alpha value is -0.0800. The van der Waals surface area contributed by atoms with Crippen LogP contribution in [0, 0.1) is 5.41 Å². The minimum atomic E-state index is 0.358. The second-order valence-electron chi connectivity index (χ2n) is 3.92. The highest BCUT2D eigenvalue weighted by atomic mass is 14.9. The van der Waals surface area contributed by atoms with E-state index in [1.54, 1.807) is 0 Å². The molecule has 0 heterocycles. The zero-order valence-electron chi connectivity index (χ0n) is 7.69. The Morgan fingerprint density at radius 1 is 1.55 bits per heavy atom. The molecule has 2 nitrogen and oxygen atoms in total. The van der Waals surface area contributed by atoms with Crippen LogP contribution >= 0.6 is 0 Å². The number of nitrogens with one attached hydrogen (secondary N) is 1. The van der Waals surface area contributed by atoms with Gasteiger partial charge in [-0.25, -0.2) is 0 Å². The molecule has 0 amide bonds. The third-order valence-corrected chi connectivity index (χ3v) is 3.01. The van der Waals surface area contributed by atoms with E-state index in [0.29, 0.717) is 11.5 Å². The third kappa shape index (κ3) is 1.94. The zero-order chi connectivity index (χ0) is 8.32. The van der Waals surface area contributed by atoms with Crippen LogP contribution in [0.4, 0.5) is 0 Å². The van der Waals surface area contributed by atoms with E-state index in [-0.39, 0.29) is 0 Å².